The van der Waals surface area contributed by atoms with Gasteiger partial charge in [-0.3, -0.25) is 9.36 Å². The van der Waals surface area contributed by atoms with Crippen LogP contribution in [0.3, 0.4) is 0 Å². The molecule has 1 aliphatic rings. The van der Waals surface area contributed by atoms with E-state index < -0.39 is 0 Å². The van der Waals surface area contributed by atoms with Crippen LogP contribution >= 0.6 is 11.8 Å². The monoisotopic (exact) mass is 348 g/mol. The summed E-state index contributed by atoms with van der Waals surface area (Å²) in [6.45, 7) is 1.36. The van der Waals surface area contributed by atoms with Crippen molar-refractivity contribution < 1.29 is 14.3 Å². The lowest BCUT2D eigenvalue weighted by atomic mass is 10.2. The van der Waals surface area contributed by atoms with Crippen molar-refractivity contribution in [3.05, 3.63) is 30.6 Å². The molecule has 1 aromatic carbocycles. The van der Waals surface area contributed by atoms with E-state index in [1.54, 1.807) is 13.4 Å². The molecule has 3 rings (SSSR count). The molecular formula is C16H20N4O3S. The molecule has 0 spiro atoms. The Morgan fingerprint density at radius 3 is 3.25 bits per heavy atom. The molecule has 0 radical (unpaired) electrons. The summed E-state index contributed by atoms with van der Waals surface area (Å²) in [6.07, 6.45) is 3.86. The number of amides is 1. The summed E-state index contributed by atoms with van der Waals surface area (Å²) in [4.78, 5) is 12.0. The Morgan fingerprint density at radius 1 is 1.54 bits per heavy atom. The molecule has 1 amide bonds. The van der Waals surface area contributed by atoms with Crippen LogP contribution in [0.5, 0.6) is 5.75 Å². The highest BCUT2D eigenvalue weighted by molar-refractivity contribution is 7.99. The summed E-state index contributed by atoms with van der Waals surface area (Å²) in [5, 5.41) is 11.6. The van der Waals surface area contributed by atoms with E-state index in [0.29, 0.717) is 11.7 Å². The Kier molecular flexibility index (Phi) is 5.71. The van der Waals surface area contributed by atoms with E-state index in [1.165, 1.54) is 11.8 Å². The summed E-state index contributed by atoms with van der Waals surface area (Å²) in [5.74, 6) is 1.01. The van der Waals surface area contributed by atoms with Gasteiger partial charge in [0.25, 0.3) is 0 Å². The third-order valence-electron chi connectivity index (χ3n) is 3.73. The van der Waals surface area contributed by atoms with Gasteiger partial charge in [-0.1, -0.05) is 17.8 Å². The van der Waals surface area contributed by atoms with E-state index in [1.807, 2.05) is 28.8 Å². The lowest BCUT2D eigenvalue weighted by Crippen LogP contribution is -2.32. The predicted octanol–water partition coefficient (Wildman–Crippen LogP) is 1.66. The molecule has 0 bridgehead atoms. The maximum Gasteiger partial charge on any atom is 0.230 e. The zero-order chi connectivity index (χ0) is 16.8. The predicted molar refractivity (Wildman–Crippen MR) is 90.6 cm³/mol. The average molecular weight is 348 g/mol. The molecule has 0 saturated carbocycles. The van der Waals surface area contributed by atoms with E-state index in [0.717, 1.165) is 30.9 Å². The fourth-order valence-corrected chi connectivity index (χ4v) is 3.23. The highest BCUT2D eigenvalue weighted by atomic mass is 32.2. The molecule has 1 saturated heterocycles. The van der Waals surface area contributed by atoms with Crippen LogP contribution in [-0.2, 0) is 9.53 Å². The van der Waals surface area contributed by atoms with Crippen LogP contribution in [0.4, 0.5) is 0 Å². The molecule has 24 heavy (non-hydrogen) atoms. The zero-order valence-corrected chi connectivity index (χ0v) is 14.3. The summed E-state index contributed by atoms with van der Waals surface area (Å²) in [6, 6.07) is 7.61. The Hall–Kier alpha value is -2.06. The molecule has 8 heteroatoms. The van der Waals surface area contributed by atoms with Crippen LogP contribution in [0, 0.1) is 0 Å². The summed E-state index contributed by atoms with van der Waals surface area (Å²) >= 11 is 1.35. The molecule has 1 unspecified atom stereocenters. The molecule has 1 N–H and O–H groups in total. The second kappa shape index (κ2) is 8.16. The Balaban J connectivity index is 1.56. The van der Waals surface area contributed by atoms with E-state index >= 15 is 0 Å². The number of nitrogens with zero attached hydrogens (tertiary/aromatic N) is 3. The molecule has 2 heterocycles. The van der Waals surface area contributed by atoms with Crippen molar-refractivity contribution in [2.75, 3.05) is 26.0 Å². The second-order valence-electron chi connectivity index (χ2n) is 5.41. The number of rotatable bonds is 7. The molecule has 0 aliphatic carbocycles. The number of methoxy groups -OCH3 is 1. The highest BCUT2D eigenvalue weighted by Gasteiger charge is 2.16. The Labute approximate surface area is 144 Å². The quantitative estimate of drug-likeness (QED) is 0.767. The van der Waals surface area contributed by atoms with Crippen molar-refractivity contribution in [2.45, 2.75) is 24.1 Å². The molecular weight excluding hydrogens is 328 g/mol. The number of benzene rings is 1. The van der Waals surface area contributed by atoms with Gasteiger partial charge in [-0.05, 0) is 25.0 Å². The van der Waals surface area contributed by atoms with Gasteiger partial charge in [0.2, 0.25) is 5.91 Å². The van der Waals surface area contributed by atoms with Crippen molar-refractivity contribution in [3.8, 4) is 11.4 Å². The van der Waals surface area contributed by atoms with Gasteiger partial charge in [0.05, 0.1) is 24.7 Å². The van der Waals surface area contributed by atoms with Crippen molar-refractivity contribution in [1.29, 1.82) is 0 Å². The minimum absolute atomic E-state index is 0.0318. The normalized spacial score (nSPS) is 17.0. The van der Waals surface area contributed by atoms with Crippen molar-refractivity contribution in [2.24, 2.45) is 0 Å². The van der Waals surface area contributed by atoms with Crippen LogP contribution in [0.2, 0.25) is 0 Å². The lowest BCUT2D eigenvalue weighted by molar-refractivity contribution is -0.119. The molecule has 1 fully saturated rings. The minimum Gasteiger partial charge on any atom is -0.497 e. The molecule has 1 aliphatic heterocycles. The fourth-order valence-electron chi connectivity index (χ4n) is 2.47. The summed E-state index contributed by atoms with van der Waals surface area (Å²) < 4.78 is 12.6. The third-order valence-corrected chi connectivity index (χ3v) is 4.67. The van der Waals surface area contributed by atoms with Gasteiger partial charge in [0.1, 0.15) is 12.1 Å². The number of carbonyl (C=O) groups excluding carboxylic acids is 1. The Morgan fingerprint density at radius 2 is 2.46 bits per heavy atom. The zero-order valence-electron chi connectivity index (χ0n) is 13.5. The van der Waals surface area contributed by atoms with Gasteiger partial charge < -0.3 is 14.8 Å². The molecule has 2 aromatic rings. The molecule has 1 aromatic heterocycles. The maximum absolute atomic E-state index is 12.0. The maximum atomic E-state index is 12.0. The number of hydrogen-bond donors (Lipinski definition) is 1. The number of ether oxygens (including phenoxy) is 2. The van der Waals surface area contributed by atoms with Gasteiger partial charge in [-0.15, -0.1) is 10.2 Å². The first-order valence-electron chi connectivity index (χ1n) is 7.82. The van der Waals surface area contributed by atoms with Gasteiger partial charge in [0, 0.05) is 19.2 Å². The average Bonchev–Trinajstić information content (AvgIpc) is 3.29. The topological polar surface area (TPSA) is 78.3 Å². The Bertz CT molecular complexity index is 685. The molecule has 128 valence electrons. The number of nitrogens with one attached hydrogen (secondary N) is 1. The number of carbonyl (C=O) groups is 1. The van der Waals surface area contributed by atoms with Crippen LogP contribution < -0.4 is 10.1 Å². The number of hydrogen-bond acceptors (Lipinski definition) is 6. The first kappa shape index (κ1) is 16.8. The second-order valence-corrected chi connectivity index (χ2v) is 6.36. The minimum atomic E-state index is -0.0318. The number of aromatic nitrogens is 3. The van der Waals surface area contributed by atoms with E-state index in [4.69, 9.17) is 9.47 Å². The van der Waals surface area contributed by atoms with Crippen molar-refractivity contribution in [1.82, 2.24) is 20.1 Å². The molecule has 1 atom stereocenters. The highest BCUT2D eigenvalue weighted by Crippen LogP contribution is 2.22. The fraction of sp³-hybridized carbons (Fsp3) is 0.438. The van der Waals surface area contributed by atoms with Crippen LogP contribution in [0.1, 0.15) is 12.8 Å². The van der Waals surface area contributed by atoms with Gasteiger partial charge in [0.15, 0.2) is 5.16 Å². The van der Waals surface area contributed by atoms with Crippen molar-refractivity contribution >= 4 is 17.7 Å². The first-order valence-corrected chi connectivity index (χ1v) is 8.80. The van der Waals surface area contributed by atoms with Gasteiger partial charge >= 0.3 is 0 Å². The third kappa shape index (κ3) is 4.27. The standard InChI is InChI=1S/C16H20N4O3S/c1-22-13-5-2-4-12(8-13)20-11-18-19-16(20)24-10-15(21)17-9-14-6-3-7-23-14/h2,4-5,8,11,14H,3,6-7,9-10H2,1H3,(H,17,21). The SMILES string of the molecule is COc1cccc(-n2cnnc2SCC(=O)NCC2CCCO2)c1. The largest absolute Gasteiger partial charge is 0.497 e. The van der Waals surface area contributed by atoms with Crippen molar-refractivity contribution in [3.63, 3.8) is 0 Å². The van der Waals surface area contributed by atoms with Gasteiger partial charge in [-0.2, -0.15) is 0 Å². The van der Waals surface area contributed by atoms with E-state index in [9.17, 15) is 4.79 Å². The number of thioether (sulfide) groups is 1. The summed E-state index contributed by atoms with van der Waals surface area (Å²) in [7, 11) is 1.62. The molecule has 7 nitrogen and oxygen atoms in total. The first-order chi connectivity index (χ1) is 11.8. The van der Waals surface area contributed by atoms with Crippen LogP contribution in [0.15, 0.2) is 35.7 Å². The van der Waals surface area contributed by atoms with E-state index in [2.05, 4.69) is 15.5 Å². The lowest BCUT2D eigenvalue weighted by Gasteiger charge is -2.11. The summed E-state index contributed by atoms with van der Waals surface area (Å²) in [5.41, 5.74) is 0.890. The smallest absolute Gasteiger partial charge is 0.230 e. The van der Waals surface area contributed by atoms with E-state index in [-0.39, 0.29) is 17.8 Å². The van der Waals surface area contributed by atoms with Crippen LogP contribution in [-0.4, -0.2) is 52.8 Å². The van der Waals surface area contributed by atoms with Gasteiger partial charge in [-0.25, -0.2) is 0 Å². The van der Waals surface area contributed by atoms with Crippen LogP contribution in [0.25, 0.3) is 5.69 Å².